The molecule has 2 fully saturated rings. The molecule has 0 saturated carbocycles. The largest absolute Gasteiger partial charge is 0.508 e. The molecule has 2 atom stereocenters. The first-order valence-electron chi connectivity index (χ1n) is 9.81. The van der Waals surface area contributed by atoms with Crippen molar-refractivity contribution < 1.29 is 29.2 Å². The number of hydrogen-bond donors (Lipinski definition) is 2. The maximum atomic E-state index is 8.63. The zero-order chi connectivity index (χ0) is 21.0. The number of ether oxygens (including phenoxy) is 4. The summed E-state index contributed by atoms with van der Waals surface area (Å²) in [6.07, 6.45) is 0.697. The Morgan fingerprint density at radius 1 is 0.759 bits per heavy atom. The molecule has 2 aromatic rings. The van der Waals surface area contributed by atoms with Crippen molar-refractivity contribution >= 4 is 0 Å². The highest BCUT2D eigenvalue weighted by molar-refractivity contribution is 5.19. The third-order valence-electron chi connectivity index (χ3n) is 3.91. The van der Waals surface area contributed by atoms with Crippen LogP contribution in [0.2, 0.25) is 0 Å². The topological polar surface area (TPSA) is 84.0 Å². The highest BCUT2D eigenvalue weighted by Gasteiger charge is 2.27. The lowest BCUT2D eigenvalue weighted by atomic mass is 9.96. The van der Waals surface area contributed by atoms with E-state index in [1.807, 2.05) is 12.1 Å². The molecule has 4 rings (SSSR count). The number of benzene rings is 2. The summed E-state index contributed by atoms with van der Waals surface area (Å²) in [6.45, 7) is 8.88. The number of phenolic OH excluding ortho intramolecular Hbond substituents is 2. The molecule has 29 heavy (non-hydrogen) atoms. The van der Waals surface area contributed by atoms with E-state index >= 15 is 0 Å². The SMILES string of the molecule is CC(C)(COCC1CO1)COCC1CO1.Oc1ccccc1.Oc1ccccc1. The molecular formula is C23H32O6. The summed E-state index contributed by atoms with van der Waals surface area (Å²) in [4.78, 5) is 0. The van der Waals surface area contributed by atoms with Gasteiger partial charge < -0.3 is 29.2 Å². The summed E-state index contributed by atoms with van der Waals surface area (Å²) in [7, 11) is 0. The summed E-state index contributed by atoms with van der Waals surface area (Å²) in [6, 6.07) is 17.4. The van der Waals surface area contributed by atoms with E-state index < -0.39 is 0 Å². The number of hydrogen-bond acceptors (Lipinski definition) is 6. The monoisotopic (exact) mass is 404 g/mol. The maximum Gasteiger partial charge on any atom is 0.115 e. The van der Waals surface area contributed by atoms with Gasteiger partial charge in [0.1, 0.15) is 23.7 Å². The summed E-state index contributed by atoms with van der Waals surface area (Å²) in [5, 5.41) is 17.3. The van der Waals surface area contributed by atoms with Crippen LogP contribution in [0.3, 0.4) is 0 Å². The van der Waals surface area contributed by atoms with Gasteiger partial charge in [-0.15, -0.1) is 0 Å². The Labute approximate surface area is 173 Å². The van der Waals surface area contributed by atoms with E-state index in [0.29, 0.717) is 23.7 Å². The van der Waals surface area contributed by atoms with Crippen molar-refractivity contribution in [1.29, 1.82) is 0 Å². The van der Waals surface area contributed by atoms with E-state index in [-0.39, 0.29) is 5.41 Å². The lowest BCUT2D eigenvalue weighted by Crippen LogP contribution is -2.27. The molecule has 2 saturated heterocycles. The van der Waals surface area contributed by atoms with Gasteiger partial charge in [0.25, 0.3) is 0 Å². The Bertz CT molecular complexity index is 596. The van der Waals surface area contributed by atoms with Crippen molar-refractivity contribution in [1.82, 2.24) is 0 Å². The van der Waals surface area contributed by atoms with Crippen molar-refractivity contribution in [2.75, 3.05) is 39.6 Å². The van der Waals surface area contributed by atoms with Crippen molar-refractivity contribution in [2.24, 2.45) is 5.41 Å². The minimum atomic E-state index is 0.0732. The Kier molecular flexibility index (Phi) is 9.94. The molecule has 2 aliphatic heterocycles. The third kappa shape index (κ3) is 12.9. The molecule has 2 aromatic carbocycles. The lowest BCUT2D eigenvalue weighted by Gasteiger charge is -2.23. The van der Waals surface area contributed by atoms with E-state index in [1.165, 1.54) is 0 Å². The highest BCUT2D eigenvalue weighted by atomic mass is 16.6. The van der Waals surface area contributed by atoms with Gasteiger partial charge in [0, 0.05) is 5.41 Å². The van der Waals surface area contributed by atoms with E-state index in [0.717, 1.165) is 39.6 Å². The molecule has 0 aromatic heterocycles. The summed E-state index contributed by atoms with van der Waals surface area (Å²) < 4.78 is 21.3. The molecule has 0 radical (unpaired) electrons. The molecule has 0 amide bonds. The summed E-state index contributed by atoms with van der Waals surface area (Å²) >= 11 is 0. The van der Waals surface area contributed by atoms with Gasteiger partial charge in [0.2, 0.25) is 0 Å². The normalized spacial score (nSPS) is 19.2. The predicted octanol–water partition coefficient (Wildman–Crippen LogP) is 3.63. The van der Waals surface area contributed by atoms with Crippen LogP contribution in [0.4, 0.5) is 0 Å². The summed E-state index contributed by atoms with van der Waals surface area (Å²) in [5.41, 5.74) is 0.0732. The first-order valence-corrected chi connectivity index (χ1v) is 9.81. The average Bonchev–Trinajstić information content (AvgIpc) is 3.60. The van der Waals surface area contributed by atoms with E-state index in [2.05, 4.69) is 13.8 Å². The van der Waals surface area contributed by atoms with Crippen molar-refractivity contribution in [3.63, 3.8) is 0 Å². The van der Waals surface area contributed by atoms with Crippen molar-refractivity contribution in [3.8, 4) is 11.5 Å². The van der Waals surface area contributed by atoms with Crippen LogP contribution in [0.5, 0.6) is 11.5 Å². The lowest BCUT2D eigenvalue weighted by molar-refractivity contribution is -0.0101. The molecule has 6 nitrogen and oxygen atoms in total. The first-order chi connectivity index (χ1) is 13.9. The fourth-order valence-corrected chi connectivity index (χ4v) is 2.16. The molecule has 160 valence electrons. The number of aromatic hydroxyl groups is 2. The average molecular weight is 405 g/mol. The van der Waals surface area contributed by atoms with Crippen LogP contribution in [-0.2, 0) is 18.9 Å². The fourth-order valence-electron chi connectivity index (χ4n) is 2.16. The zero-order valence-corrected chi connectivity index (χ0v) is 17.2. The predicted molar refractivity (Wildman–Crippen MR) is 111 cm³/mol. The quantitative estimate of drug-likeness (QED) is 0.654. The number of para-hydroxylation sites is 2. The van der Waals surface area contributed by atoms with E-state index in [9.17, 15) is 0 Å². The second-order valence-electron chi connectivity index (χ2n) is 7.78. The second-order valence-corrected chi connectivity index (χ2v) is 7.78. The Morgan fingerprint density at radius 2 is 1.10 bits per heavy atom. The third-order valence-corrected chi connectivity index (χ3v) is 3.91. The van der Waals surface area contributed by atoms with Crippen molar-refractivity contribution in [2.45, 2.75) is 26.1 Å². The standard InChI is InChI=1S/C11H20O4.2C6H6O/c1-11(2,7-12-3-9-5-14-9)8-13-4-10-6-15-10;2*7-6-4-2-1-3-5-6/h9-10H,3-8H2,1-2H3;2*1-5,7H. The van der Waals surface area contributed by atoms with Gasteiger partial charge in [-0.2, -0.15) is 0 Å². The van der Waals surface area contributed by atoms with Gasteiger partial charge in [-0.1, -0.05) is 50.2 Å². The minimum absolute atomic E-state index is 0.0732. The van der Waals surface area contributed by atoms with E-state index in [1.54, 1.807) is 48.5 Å². The van der Waals surface area contributed by atoms with Crippen molar-refractivity contribution in [3.05, 3.63) is 60.7 Å². The Hall–Kier alpha value is -2.12. The Balaban J connectivity index is 0.000000178. The molecule has 0 bridgehead atoms. The molecule has 2 unspecified atom stereocenters. The van der Waals surface area contributed by atoms with Crippen LogP contribution in [0.1, 0.15) is 13.8 Å². The highest BCUT2D eigenvalue weighted by Crippen LogP contribution is 2.19. The first kappa shape index (κ1) is 23.2. The molecule has 2 aliphatic rings. The Morgan fingerprint density at radius 3 is 1.34 bits per heavy atom. The number of epoxide rings is 2. The smallest absolute Gasteiger partial charge is 0.115 e. The number of rotatable bonds is 8. The minimum Gasteiger partial charge on any atom is -0.508 e. The molecule has 0 spiro atoms. The van der Waals surface area contributed by atoms with Crippen LogP contribution in [0.15, 0.2) is 60.7 Å². The van der Waals surface area contributed by atoms with Gasteiger partial charge in [-0.3, -0.25) is 0 Å². The fraction of sp³-hybridized carbons (Fsp3) is 0.478. The van der Waals surface area contributed by atoms with Gasteiger partial charge >= 0.3 is 0 Å². The molecule has 0 aliphatic carbocycles. The maximum absolute atomic E-state index is 8.63. The van der Waals surface area contributed by atoms with Crippen LogP contribution in [0.25, 0.3) is 0 Å². The molecular weight excluding hydrogens is 372 g/mol. The van der Waals surface area contributed by atoms with Gasteiger partial charge in [0.05, 0.1) is 39.6 Å². The molecule has 6 heteroatoms. The zero-order valence-electron chi connectivity index (χ0n) is 17.2. The van der Waals surface area contributed by atoms with E-state index in [4.69, 9.17) is 29.2 Å². The van der Waals surface area contributed by atoms with Crippen LogP contribution in [0, 0.1) is 5.41 Å². The summed E-state index contributed by atoms with van der Waals surface area (Å²) in [5.74, 6) is 0.644. The number of phenols is 2. The molecule has 2 N–H and O–H groups in total. The van der Waals surface area contributed by atoms with Crippen LogP contribution < -0.4 is 0 Å². The van der Waals surface area contributed by atoms with Crippen LogP contribution >= 0.6 is 0 Å². The van der Waals surface area contributed by atoms with Gasteiger partial charge in [-0.25, -0.2) is 0 Å². The molecule has 2 heterocycles. The van der Waals surface area contributed by atoms with Gasteiger partial charge in [-0.05, 0) is 24.3 Å². The van der Waals surface area contributed by atoms with Gasteiger partial charge in [0.15, 0.2) is 0 Å². The second kappa shape index (κ2) is 12.4. The van der Waals surface area contributed by atoms with Crippen LogP contribution in [-0.4, -0.2) is 62.1 Å².